The smallest absolute Gasteiger partial charge is 0.321 e. The molecule has 0 atom stereocenters. The van der Waals surface area contributed by atoms with Crippen LogP contribution < -0.4 is 10.6 Å². The molecule has 0 saturated carbocycles. The van der Waals surface area contributed by atoms with E-state index in [0.29, 0.717) is 22.8 Å². The maximum absolute atomic E-state index is 12.2. The summed E-state index contributed by atoms with van der Waals surface area (Å²) in [4.78, 5) is 26.1. The number of likely N-dealkylation sites (tertiary alicyclic amines) is 1. The highest BCUT2D eigenvalue weighted by Crippen LogP contribution is 2.18. The van der Waals surface area contributed by atoms with Crippen LogP contribution in [0, 0.1) is 0 Å². The predicted molar refractivity (Wildman–Crippen MR) is 109 cm³/mol. The Hall–Kier alpha value is -2.53. The SMILES string of the molecule is O=C(CCCc1ccc(Cl)cc1)Nc1cccc(NC(=O)N2CCCC2)c1. The fourth-order valence-electron chi connectivity index (χ4n) is 3.13. The Kier molecular flexibility index (Phi) is 6.71. The average Bonchev–Trinajstić information content (AvgIpc) is 3.18. The van der Waals surface area contributed by atoms with Gasteiger partial charge in [0.05, 0.1) is 0 Å². The van der Waals surface area contributed by atoms with Gasteiger partial charge in [-0.1, -0.05) is 29.8 Å². The molecule has 0 bridgehead atoms. The Morgan fingerprint density at radius 3 is 2.33 bits per heavy atom. The third-order valence-electron chi connectivity index (χ3n) is 4.57. The molecular formula is C21H24ClN3O2. The van der Waals surface area contributed by atoms with Crippen LogP contribution in [-0.2, 0) is 11.2 Å². The molecule has 1 aliphatic rings. The zero-order valence-corrected chi connectivity index (χ0v) is 16.0. The molecule has 2 N–H and O–H groups in total. The Labute approximate surface area is 164 Å². The van der Waals surface area contributed by atoms with Gasteiger partial charge < -0.3 is 15.5 Å². The van der Waals surface area contributed by atoms with Gasteiger partial charge >= 0.3 is 6.03 Å². The molecular weight excluding hydrogens is 362 g/mol. The molecule has 0 unspecified atom stereocenters. The van der Waals surface area contributed by atoms with Gasteiger partial charge in [0.2, 0.25) is 5.91 Å². The van der Waals surface area contributed by atoms with Crippen molar-refractivity contribution < 1.29 is 9.59 Å². The van der Waals surface area contributed by atoms with Crippen LogP contribution in [0.15, 0.2) is 48.5 Å². The fourth-order valence-corrected chi connectivity index (χ4v) is 3.25. The molecule has 0 spiro atoms. The van der Waals surface area contributed by atoms with E-state index >= 15 is 0 Å². The molecule has 3 amide bonds. The van der Waals surface area contributed by atoms with Gasteiger partial charge in [-0.15, -0.1) is 0 Å². The number of halogens is 1. The van der Waals surface area contributed by atoms with Crippen molar-refractivity contribution in [2.45, 2.75) is 32.1 Å². The van der Waals surface area contributed by atoms with Crippen molar-refractivity contribution in [3.05, 3.63) is 59.1 Å². The van der Waals surface area contributed by atoms with Gasteiger partial charge in [-0.2, -0.15) is 0 Å². The summed E-state index contributed by atoms with van der Waals surface area (Å²) < 4.78 is 0. The summed E-state index contributed by atoms with van der Waals surface area (Å²) in [6.45, 7) is 1.60. The van der Waals surface area contributed by atoms with Gasteiger partial charge in [-0.25, -0.2) is 4.79 Å². The third kappa shape index (κ3) is 6.00. The first-order chi connectivity index (χ1) is 13.1. The number of carbonyl (C=O) groups excluding carboxylic acids is 2. The second kappa shape index (κ2) is 9.42. The summed E-state index contributed by atoms with van der Waals surface area (Å²) in [5, 5.41) is 6.50. The number of nitrogens with zero attached hydrogens (tertiary/aromatic N) is 1. The van der Waals surface area contributed by atoms with Crippen LogP contribution in [0.25, 0.3) is 0 Å². The lowest BCUT2D eigenvalue weighted by Gasteiger charge is -2.16. The largest absolute Gasteiger partial charge is 0.326 e. The van der Waals surface area contributed by atoms with Crippen LogP contribution in [0.5, 0.6) is 0 Å². The van der Waals surface area contributed by atoms with E-state index in [-0.39, 0.29) is 11.9 Å². The Bertz CT molecular complexity index is 786. The van der Waals surface area contributed by atoms with Crippen molar-refractivity contribution in [3.8, 4) is 0 Å². The molecule has 1 aliphatic heterocycles. The number of hydrogen-bond donors (Lipinski definition) is 2. The topological polar surface area (TPSA) is 61.4 Å². The Morgan fingerprint density at radius 1 is 0.963 bits per heavy atom. The lowest BCUT2D eigenvalue weighted by atomic mass is 10.1. The minimum atomic E-state index is -0.0843. The third-order valence-corrected chi connectivity index (χ3v) is 4.83. The van der Waals surface area contributed by atoms with E-state index in [1.54, 1.807) is 6.07 Å². The molecule has 1 fully saturated rings. The van der Waals surface area contributed by atoms with Crippen molar-refractivity contribution in [2.24, 2.45) is 0 Å². The van der Waals surface area contributed by atoms with E-state index in [2.05, 4.69) is 10.6 Å². The van der Waals surface area contributed by atoms with Crippen LogP contribution >= 0.6 is 11.6 Å². The van der Waals surface area contributed by atoms with Gasteiger partial charge in [0.15, 0.2) is 0 Å². The van der Waals surface area contributed by atoms with Crippen LogP contribution in [0.4, 0.5) is 16.2 Å². The van der Waals surface area contributed by atoms with Crippen LogP contribution in [-0.4, -0.2) is 29.9 Å². The number of amides is 3. The lowest BCUT2D eigenvalue weighted by Crippen LogP contribution is -2.32. The van der Waals surface area contributed by atoms with Crippen LogP contribution in [0.1, 0.15) is 31.2 Å². The maximum atomic E-state index is 12.2. The first-order valence-corrected chi connectivity index (χ1v) is 9.68. The minimum Gasteiger partial charge on any atom is -0.326 e. The molecule has 142 valence electrons. The molecule has 1 heterocycles. The van der Waals surface area contributed by atoms with Crippen LogP contribution in [0.3, 0.4) is 0 Å². The summed E-state index contributed by atoms with van der Waals surface area (Å²) in [5.41, 5.74) is 2.54. The van der Waals surface area contributed by atoms with E-state index in [4.69, 9.17) is 11.6 Å². The van der Waals surface area contributed by atoms with Crippen molar-refractivity contribution in [3.63, 3.8) is 0 Å². The maximum Gasteiger partial charge on any atom is 0.321 e. The van der Waals surface area contributed by atoms with Gasteiger partial charge in [-0.3, -0.25) is 4.79 Å². The summed E-state index contributed by atoms with van der Waals surface area (Å²) in [6.07, 6.45) is 4.14. The number of rotatable bonds is 6. The second-order valence-electron chi connectivity index (χ2n) is 6.73. The van der Waals surface area contributed by atoms with Gasteiger partial charge in [0, 0.05) is 35.9 Å². The summed E-state index contributed by atoms with van der Waals surface area (Å²) in [7, 11) is 0. The zero-order chi connectivity index (χ0) is 19.1. The summed E-state index contributed by atoms with van der Waals surface area (Å²) >= 11 is 5.87. The van der Waals surface area contributed by atoms with Gasteiger partial charge in [-0.05, 0) is 61.6 Å². The van der Waals surface area contributed by atoms with Crippen molar-refractivity contribution in [1.29, 1.82) is 0 Å². The highest BCUT2D eigenvalue weighted by molar-refractivity contribution is 6.30. The molecule has 0 radical (unpaired) electrons. The number of carbonyl (C=O) groups is 2. The van der Waals surface area contributed by atoms with E-state index in [0.717, 1.165) is 38.8 Å². The van der Waals surface area contributed by atoms with Crippen molar-refractivity contribution >= 4 is 34.9 Å². The van der Waals surface area contributed by atoms with E-state index in [1.807, 2.05) is 47.4 Å². The van der Waals surface area contributed by atoms with Gasteiger partial charge in [0.25, 0.3) is 0 Å². The van der Waals surface area contributed by atoms with Crippen molar-refractivity contribution in [1.82, 2.24) is 4.90 Å². The number of aryl methyl sites for hydroxylation is 1. The number of urea groups is 1. The first kappa shape index (κ1) is 19.2. The molecule has 6 heteroatoms. The summed E-state index contributed by atoms with van der Waals surface area (Å²) in [5.74, 6) is -0.0352. The molecule has 3 rings (SSSR count). The number of benzene rings is 2. The Morgan fingerprint density at radius 2 is 1.63 bits per heavy atom. The Balaban J connectivity index is 1.46. The lowest BCUT2D eigenvalue weighted by molar-refractivity contribution is -0.116. The van der Waals surface area contributed by atoms with E-state index in [1.165, 1.54) is 5.56 Å². The van der Waals surface area contributed by atoms with E-state index in [9.17, 15) is 9.59 Å². The number of hydrogen-bond acceptors (Lipinski definition) is 2. The molecule has 1 saturated heterocycles. The standard InChI is InChI=1S/C21H24ClN3O2/c22-17-11-9-16(10-12-17)5-3-8-20(26)23-18-6-4-7-19(15-18)24-21(27)25-13-1-2-14-25/h4,6-7,9-12,15H,1-3,5,8,13-14H2,(H,23,26)(H,24,27). The zero-order valence-electron chi connectivity index (χ0n) is 15.2. The highest BCUT2D eigenvalue weighted by atomic mass is 35.5. The minimum absolute atomic E-state index is 0.0352. The van der Waals surface area contributed by atoms with Crippen molar-refractivity contribution in [2.75, 3.05) is 23.7 Å². The fraction of sp³-hybridized carbons (Fsp3) is 0.333. The predicted octanol–water partition coefficient (Wildman–Crippen LogP) is 4.93. The van der Waals surface area contributed by atoms with Crippen LogP contribution in [0.2, 0.25) is 5.02 Å². The molecule has 2 aromatic carbocycles. The molecule has 27 heavy (non-hydrogen) atoms. The molecule has 5 nitrogen and oxygen atoms in total. The average molecular weight is 386 g/mol. The normalized spacial score (nSPS) is 13.4. The quantitative estimate of drug-likeness (QED) is 0.740. The number of anilines is 2. The number of nitrogens with one attached hydrogen (secondary N) is 2. The summed E-state index contributed by atoms with van der Waals surface area (Å²) in [6, 6.07) is 14.8. The van der Waals surface area contributed by atoms with E-state index < -0.39 is 0 Å². The molecule has 0 aliphatic carbocycles. The first-order valence-electron chi connectivity index (χ1n) is 9.30. The highest BCUT2D eigenvalue weighted by Gasteiger charge is 2.17. The second-order valence-corrected chi connectivity index (χ2v) is 7.17. The molecule has 0 aromatic heterocycles. The monoisotopic (exact) mass is 385 g/mol. The van der Waals surface area contributed by atoms with Gasteiger partial charge in [0.1, 0.15) is 0 Å². The molecule has 2 aromatic rings.